The number of carbonyl (C=O) groups is 2. The van der Waals surface area contributed by atoms with E-state index in [2.05, 4.69) is 17.2 Å². The maximum Gasteiger partial charge on any atom is 0.238 e. The molecule has 3 rings (SSSR count). The van der Waals surface area contributed by atoms with Gasteiger partial charge in [-0.2, -0.15) is 0 Å². The lowest BCUT2D eigenvalue weighted by Crippen LogP contribution is -2.45. The number of nitrogens with one attached hydrogen (secondary N) is 1. The Hall–Kier alpha value is -2.87. The summed E-state index contributed by atoms with van der Waals surface area (Å²) < 4.78 is 19.3. The van der Waals surface area contributed by atoms with Gasteiger partial charge in [0.2, 0.25) is 11.8 Å². The normalized spacial score (nSPS) is 17.3. The van der Waals surface area contributed by atoms with Crippen molar-refractivity contribution in [1.82, 2.24) is 4.90 Å². The molecule has 0 aliphatic carbocycles. The summed E-state index contributed by atoms with van der Waals surface area (Å²) in [5, 5.41) is 2.64. The van der Waals surface area contributed by atoms with Gasteiger partial charge >= 0.3 is 0 Å². The first-order valence-corrected chi connectivity index (χ1v) is 12.2. The lowest BCUT2D eigenvalue weighted by Gasteiger charge is -2.30. The van der Waals surface area contributed by atoms with Crippen molar-refractivity contribution >= 4 is 40.1 Å². The summed E-state index contributed by atoms with van der Waals surface area (Å²) in [7, 11) is 0. The number of hydrogen-bond acceptors (Lipinski definition) is 5. The molecule has 1 atom stereocenters. The highest BCUT2D eigenvalue weighted by Crippen LogP contribution is 2.30. The second kappa shape index (κ2) is 12.4. The molecule has 1 aliphatic heterocycles. The predicted molar refractivity (Wildman–Crippen MR) is 132 cm³/mol. The summed E-state index contributed by atoms with van der Waals surface area (Å²) >= 11 is 1.21. The van der Waals surface area contributed by atoms with Crippen LogP contribution in [-0.2, 0) is 9.59 Å². The van der Waals surface area contributed by atoms with Gasteiger partial charge in [-0.3, -0.25) is 14.5 Å². The third-order valence-corrected chi connectivity index (χ3v) is 6.36. The Kier molecular flexibility index (Phi) is 9.30. The molecule has 0 aromatic heterocycles. The third-order valence-electron chi connectivity index (χ3n) is 5.17. The number of hydrogen-bond donors (Lipinski definition) is 1. The Bertz CT molecular complexity index is 981. The molecular weight excluding hydrogens is 441 g/mol. The number of ether oxygens (including phenoxy) is 1. The molecule has 33 heavy (non-hydrogen) atoms. The molecular formula is C25H30FN3O3S. The number of amidine groups is 1. The Balaban J connectivity index is 1.61. The van der Waals surface area contributed by atoms with E-state index in [1.54, 1.807) is 24.3 Å². The molecule has 1 fully saturated rings. The number of aliphatic imine (C=N–C) groups is 1. The quantitative estimate of drug-likeness (QED) is 0.447. The largest absolute Gasteiger partial charge is 0.494 e. The van der Waals surface area contributed by atoms with Gasteiger partial charge in [0.05, 0.1) is 12.3 Å². The van der Waals surface area contributed by atoms with Crippen molar-refractivity contribution in [2.75, 3.05) is 18.5 Å². The molecule has 1 aliphatic rings. The molecule has 6 nitrogen and oxygen atoms in total. The van der Waals surface area contributed by atoms with Crippen molar-refractivity contribution in [2.45, 2.75) is 51.2 Å². The summed E-state index contributed by atoms with van der Waals surface area (Å²) in [5.41, 5.74) is 1.03. The van der Waals surface area contributed by atoms with Crippen LogP contribution in [0.4, 0.5) is 15.8 Å². The maximum absolute atomic E-state index is 13.5. The third kappa shape index (κ3) is 7.32. The second-order valence-corrected chi connectivity index (χ2v) is 8.92. The van der Waals surface area contributed by atoms with E-state index in [1.807, 2.05) is 19.1 Å². The summed E-state index contributed by atoms with van der Waals surface area (Å²) in [6.45, 7) is 5.11. The van der Waals surface area contributed by atoms with Gasteiger partial charge < -0.3 is 10.1 Å². The van der Waals surface area contributed by atoms with Crippen molar-refractivity contribution < 1.29 is 18.7 Å². The fraction of sp³-hybridized carbons (Fsp3) is 0.400. The first-order valence-electron chi connectivity index (χ1n) is 11.3. The van der Waals surface area contributed by atoms with E-state index in [9.17, 15) is 14.0 Å². The van der Waals surface area contributed by atoms with Crippen molar-refractivity contribution in [2.24, 2.45) is 4.99 Å². The Labute approximate surface area is 198 Å². The van der Waals surface area contributed by atoms with Crippen LogP contribution >= 0.6 is 11.8 Å². The number of thioether (sulfide) groups is 1. The van der Waals surface area contributed by atoms with Gasteiger partial charge in [0.25, 0.3) is 0 Å². The van der Waals surface area contributed by atoms with Crippen molar-refractivity contribution in [3.63, 3.8) is 0 Å². The fourth-order valence-electron chi connectivity index (χ4n) is 3.38. The molecule has 1 heterocycles. The Morgan fingerprint density at radius 2 is 1.97 bits per heavy atom. The zero-order valence-corrected chi connectivity index (χ0v) is 19.9. The molecule has 1 saturated heterocycles. The van der Waals surface area contributed by atoms with E-state index in [4.69, 9.17) is 4.74 Å². The Morgan fingerprint density at radius 3 is 2.67 bits per heavy atom. The van der Waals surface area contributed by atoms with Gasteiger partial charge in [0, 0.05) is 18.7 Å². The number of amides is 2. The number of anilines is 1. The highest BCUT2D eigenvalue weighted by molar-refractivity contribution is 8.15. The van der Waals surface area contributed by atoms with Crippen LogP contribution in [-0.4, -0.2) is 40.3 Å². The van der Waals surface area contributed by atoms with Crippen LogP contribution in [0.2, 0.25) is 0 Å². The number of unbranched alkanes of at least 4 members (excludes halogenated alkanes) is 3. The van der Waals surface area contributed by atoms with Crippen molar-refractivity contribution in [3.8, 4) is 5.75 Å². The Morgan fingerprint density at radius 1 is 1.18 bits per heavy atom. The first kappa shape index (κ1) is 24.8. The van der Waals surface area contributed by atoms with E-state index in [0.29, 0.717) is 29.7 Å². The summed E-state index contributed by atoms with van der Waals surface area (Å²) in [5.74, 6) is -0.104. The highest BCUT2D eigenvalue weighted by atomic mass is 32.2. The number of carbonyl (C=O) groups excluding carboxylic acids is 2. The van der Waals surface area contributed by atoms with E-state index in [1.165, 1.54) is 41.6 Å². The van der Waals surface area contributed by atoms with Gasteiger partial charge in [-0.15, -0.1) is 0 Å². The van der Waals surface area contributed by atoms with Crippen LogP contribution in [0, 0.1) is 5.82 Å². The molecule has 2 aromatic carbocycles. The van der Waals surface area contributed by atoms with E-state index >= 15 is 0 Å². The molecule has 8 heteroatoms. The minimum Gasteiger partial charge on any atom is -0.494 e. The lowest BCUT2D eigenvalue weighted by molar-refractivity contribution is -0.129. The summed E-state index contributed by atoms with van der Waals surface area (Å²) in [6.07, 6.45) is 4.65. The van der Waals surface area contributed by atoms with Gasteiger partial charge in [-0.1, -0.05) is 44.0 Å². The molecule has 2 amide bonds. The van der Waals surface area contributed by atoms with Crippen molar-refractivity contribution in [1.29, 1.82) is 0 Å². The van der Waals surface area contributed by atoms with Crippen LogP contribution in [0.25, 0.3) is 0 Å². The molecule has 0 spiro atoms. The van der Waals surface area contributed by atoms with Crippen LogP contribution < -0.4 is 10.1 Å². The molecule has 0 radical (unpaired) electrons. The monoisotopic (exact) mass is 471 g/mol. The predicted octanol–water partition coefficient (Wildman–Crippen LogP) is 5.77. The van der Waals surface area contributed by atoms with E-state index in [-0.39, 0.29) is 18.2 Å². The number of nitrogens with zero attached hydrogens (tertiary/aromatic N) is 2. The maximum atomic E-state index is 13.5. The molecule has 2 aromatic rings. The SMILES string of the molecule is CCCCCCOc1ccc(NC(=O)C2CC(=O)N(CC)C(=Nc3cccc(F)c3)S2)cc1. The summed E-state index contributed by atoms with van der Waals surface area (Å²) in [4.78, 5) is 31.4. The second-order valence-electron chi connectivity index (χ2n) is 7.75. The van der Waals surface area contributed by atoms with E-state index < -0.39 is 11.1 Å². The minimum absolute atomic E-state index is 0.0749. The van der Waals surface area contributed by atoms with Crippen LogP contribution in [0.5, 0.6) is 5.75 Å². The zero-order chi connectivity index (χ0) is 23.6. The van der Waals surface area contributed by atoms with Crippen molar-refractivity contribution in [3.05, 3.63) is 54.3 Å². The van der Waals surface area contributed by atoms with Crippen LogP contribution in [0.3, 0.4) is 0 Å². The van der Waals surface area contributed by atoms with E-state index in [0.717, 1.165) is 18.6 Å². The van der Waals surface area contributed by atoms with Gasteiger partial charge in [0.1, 0.15) is 16.8 Å². The summed E-state index contributed by atoms with van der Waals surface area (Å²) in [6, 6.07) is 13.1. The van der Waals surface area contributed by atoms with Crippen LogP contribution in [0.1, 0.15) is 46.0 Å². The molecule has 0 saturated carbocycles. The smallest absolute Gasteiger partial charge is 0.238 e. The average Bonchev–Trinajstić information content (AvgIpc) is 2.80. The molecule has 1 unspecified atom stereocenters. The first-order chi connectivity index (χ1) is 16.0. The molecule has 176 valence electrons. The molecule has 1 N–H and O–H groups in total. The number of halogens is 1. The van der Waals surface area contributed by atoms with Crippen LogP contribution in [0.15, 0.2) is 53.5 Å². The fourth-order valence-corrected chi connectivity index (χ4v) is 4.55. The minimum atomic E-state index is -0.623. The number of benzene rings is 2. The lowest BCUT2D eigenvalue weighted by atomic mass is 10.2. The zero-order valence-electron chi connectivity index (χ0n) is 19.1. The topological polar surface area (TPSA) is 71.0 Å². The highest BCUT2D eigenvalue weighted by Gasteiger charge is 2.35. The number of rotatable bonds is 10. The average molecular weight is 472 g/mol. The van der Waals surface area contributed by atoms with Gasteiger partial charge in [-0.25, -0.2) is 9.38 Å². The van der Waals surface area contributed by atoms with Gasteiger partial charge in [-0.05, 0) is 55.8 Å². The molecule has 0 bridgehead atoms. The standard InChI is InChI=1S/C25H30FN3O3S/c1-3-5-6-7-15-32-21-13-11-19(12-14-21)27-24(31)22-17-23(30)29(4-2)25(33-22)28-20-10-8-9-18(26)16-20/h8-14,16,22H,3-7,15,17H2,1-2H3,(H,27,31). The van der Waals surface area contributed by atoms with Gasteiger partial charge in [0.15, 0.2) is 5.17 Å².